The van der Waals surface area contributed by atoms with Crippen molar-refractivity contribution in [3.8, 4) is 27.9 Å². The van der Waals surface area contributed by atoms with E-state index in [1.165, 1.54) is 65.6 Å². The van der Waals surface area contributed by atoms with Crippen LogP contribution in [0.5, 0.6) is 0 Å². The minimum absolute atomic E-state index is 1.10. The third-order valence-electron chi connectivity index (χ3n) is 10.3. The molecule has 0 bridgehead atoms. The topological polar surface area (TPSA) is 8.17 Å². The Morgan fingerprint density at radius 3 is 1.81 bits per heavy atom. The number of aromatic nitrogens is 1. The Morgan fingerprint density at radius 1 is 0.365 bits per heavy atom. The van der Waals surface area contributed by atoms with E-state index in [0.717, 1.165) is 22.7 Å². The van der Waals surface area contributed by atoms with Gasteiger partial charge in [0.05, 0.1) is 22.4 Å². The molecule has 0 radical (unpaired) electrons. The van der Waals surface area contributed by atoms with Crippen molar-refractivity contribution >= 4 is 60.4 Å². The molecule has 10 rings (SSSR count). The lowest BCUT2D eigenvalue weighted by molar-refractivity contribution is 1.19. The molecule has 9 aromatic carbocycles. The lowest BCUT2D eigenvalue weighted by Gasteiger charge is -2.29. The highest BCUT2D eigenvalue weighted by Crippen LogP contribution is 2.46. The zero-order valence-electron chi connectivity index (χ0n) is 28.5. The summed E-state index contributed by atoms with van der Waals surface area (Å²) in [6, 6.07) is 74.7. The van der Waals surface area contributed by atoms with Crippen LogP contribution in [-0.2, 0) is 0 Å². The molecule has 0 fully saturated rings. The van der Waals surface area contributed by atoms with Gasteiger partial charge >= 0.3 is 0 Å². The van der Waals surface area contributed by atoms with Crippen LogP contribution in [0.25, 0.3) is 71.3 Å². The van der Waals surface area contributed by atoms with Crippen LogP contribution < -0.4 is 4.90 Å². The van der Waals surface area contributed by atoms with Gasteiger partial charge in [-0.3, -0.25) is 0 Å². The standard InChI is InChI=1S/C50H34N2/c1-3-16-35(17-4-1)41-26-11-12-29-46(41)51(47-30-14-20-36-18-7-9-25-42(36)47)40-24-13-21-38(34-40)43-28-15-31-48-49(43)45-33-32-37-19-8-10-27-44(37)50(45)52(48)39-22-5-2-6-23-39/h1-34H. The Kier molecular flexibility index (Phi) is 7.18. The first-order valence-corrected chi connectivity index (χ1v) is 17.9. The van der Waals surface area contributed by atoms with E-state index < -0.39 is 0 Å². The molecule has 0 aliphatic carbocycles. The van der Waals surface area contributed by atoms with Gasteiger partial charge in [-0.1, -0.05) is 164 Å². The highest BCUT2D eigenvalue weighted by atomic mass is 15.1. The van der Waals surface area contributed by atoms with Crippen molar-refractivity contribution in [1.82, 2.24) is 4.57 Å². The molecule has 0 aliphatic heterocycles. The lowest BCUT2D eigenvalue weighted by atomic mass is 9.97. The zero-order chi connectivity index (χ0) is 34.4. The summed E-state index contributed by atoms with van der Waals surface area (Å²) in [4.78, 5) is 2.44. The third-order valence-corrected chi connectivity index (χ3v) is 10.3. The number of benzene rings is 9. The maximum atomic E-state index is 2.44. The fraction of sp³-hybridized carbons (Fsp3) is 0. The first-order chi connectivity index (χ1) is 25.8. The number of hydrogen-bond donors (Lipinski definition) is 0. The molecule has 0 amide bonds. The molecule has 0 atom stereocenters. The van der Waals surface area contributed by atoms with Crippen molar-refractivity contribution < 1.29 is 0 Å². The molecule has 2 heteroatoms. The van der Waals surface area contributed by atoms with Gasteiger partial charge in [-0.25, -0.2) is 0 Å². The number of para-hydroxylation sites is 2. The van der Waals surface area contributed by atoms with Gasteiger partial charge in [0.2, 0.25) is 0 Å². The first kappa shape index (κ1) is 30.0. The molecule has 2 nitrogen and oxygen atoms in total. The van der Waals surface area contributed by atoms with E-state index in [-0.39, 0.29) is 0 Å². The molecule has 52 heavy (non-hydrogen) atoms. The number of nitrogens with zero attached hydrogens (tertiary/aromatic N) is 2. The van der Waals surface area contributed by atoms with Crippen LogP contribution in [-0.4, -0.2) is 4.57 Å². The fourth-order valence-electron chi connectivity index (χ4n) is 8.07. The second-order valence-corrected chi connectivity index (χ2v) is 13.3. The van der Waals surface area contributed by atoms with Gasteiger partial charge in [-0.05, 0) is 69.9 Å². The minimum Gasteiger partial charge on any atom is -0.309 e. The smallest absolute Gasteiger partial charge is 0.0619 e. The average molecular weight is 663 g/mol. The summed E-state index contributed by atoms with van der Waals surface area (Å²) in [5.41, 5.74) is 11.7. The van der Waals surface area contributed by atoms with Gasteiger partial charge in [0.1, 0.15) is 0 Å². The van der Waals surface area contributed by atoms with Gasteiger partial charge in [-0.15, -0.1) is 0 Å². The first-order valence-electron chi connectivity index (χ1n) is 17.9. The Morgan fingerprint density at radius 2 is 0.962 bits per heavy atom. The SMILES string of the molecule is c1ccc(-c2ccccc2N(c2cccc(-c3cccc4c3c3ccc5ccccc5c3n4-c3ccccc3)c2)c2cccc3ccccc23)cc1. The summed E-state index contributed by atoms with van der Waals surface area (Å²) in [6.45, 7) is 0. The fourth-order valence-corrected chi connectivity index (χ4v) is 8.07. The Balaban J connectivity index is 1.25. The van der Waals surface area contributed by atoms with Gasteiger partial charge in [0, 0.05) is 38.5 Å². The minimum atomic E-state index is 1.10. The predicted molar refractivity (Wildman–Crippen MR) is 221 cm³/mol. The van der Waals surface area contributed by atoms with E-state index in [9.17, 15) is 0 Å². The molecule has 0 saturated heterocycles. The van der Waals surface area contributed by atoms with E-state index in [1.807, 2.05) is 0 Å². The Bertz CT molecular complexity index is 2900. The molecule has 0 aliphatic rings. The van der Waals surface area contributed by atoms with Crippen LogP contribution in [0.3, 0.4) is 0 Å². The zero-order valence-corrected chi connectivity index (χ0v) is 28.5. The normalized spacial score (nSPS) is 11.5. The van der Waals surface area contributed by atoms with Crippen molar-refractivity contribution in [2.75, 3.05) is 4.90 Å². The number of fused-ring (bicyclic) bond motifs is 6. The molecule has 244 valence electrons. The second kappa shape index (κ2) is 12.5. The summed E-state index contributed by atoms with van der Waals surface area (Å²) in [5.74, 6) is 0. The van der Waals surface area contributed by atoms with Crippen molar-refractivity contribution in [2.45, 2.75) is 0 Å². The van der Waals surface area contributed by atoms with Crippen LogP contribution in [0.2, 0.25) is 0 Å². The van der Waals surface area contributed by atoms with Gasteiger partial charge in [0.15, 0.2) is 0 Å². The molecule has 0 unspecified atom stereocenters. The lowest BCUT2D eigenvalue weighted by Crippen LogP contribution is -2.11. The number of anilines is 3. The van der Waals surface area contributed by atoms with Gasteiger partial charge in [-0.2, -0.15) is 0 Å². The number of hydrogen-bond acceptors (Lipinski definition) is 1. The van der Waals surface area contributed by atoms with E-state index in [4.69, 9.17) is 0 Å². The monoisotopic (exact) mass is 662 g/mol. The third kappa shape index (κ3) is 4.88. The van der Waals surface area contributed by atoms with Crippen molar-refractivity contribution in [3.63, 3.8) is 0 Å². The summed E-state index contributed by atoms with van der Waals surface area (Å²) in [5, 5.41) is 7.41. The number of rotatable bonds is 6. The molecule has 0 N–H and O–H groups in total. The van der Waals surface area contributed by atoms with Gasteiger partial charge in [0.25, 0.3) is 0 Å². The van der Waals surface area contributed by atoms with E-state index in [2.05, 4.69) is 216 Å². The van der Waals surface area contributed by atoms with Crippen LogP contribution in [0, 0.1) is 0 Å². The molecule has 0 spiro atoms. The molecular formula is C50H34N2. The van der Waals surface area contributed by atoms with E-state index in [0.29, 0.717) is 0 Å². The van der Waals surface area contributed by atoms with Crippen LogP contribution in [0.1, 0.15) is 0 Å². The van der Waals surface area contributed by atoms with Crippen LogP contribution in [0.15, 0.2) is 206 Å². The summed E-state index contributed by atoms with van der Waals surface area (Å²) in [7, 11) is 0. The maximum absolute atomic E-state index is 2.44. The molecule has 1 heterocycles. The molecule has 0 saturated carbocycles. The van der Waals surface area contributed by atoms with Crippen molar-refractivity contribution in [3.05, 3.63) is 206 Å². The predicted octanol–water partition coefficient (Wildman–Crippen LogP) is 13.9. The summed E-state index contributed by atoms with van der Waals surface area (Å²) >= 11 is 0. The quantitative estimate of drug-likeness (QED) is 0.172. The maximum Gasteiger partial charge on any atom is 0.0619 e. The van der Waals surface area contributed by atoms with Crippen molar-refractivity contribution in [2.24, 2.45) is 0 Å². The van der Waals surface area contributed by atoms with Gasteiger partial charge < -0.3 is 9.47 Å². The molecule has 1 aromatic heterocycles. The largest absolute Gasteiger partial charge is 0.309 e. The van der Waals surface area contributed by atoms with Crippen LogP contribution in [0.4, 0.5) is 17.1 Å². The van der Waals surface area contributed by atoms with Crippen molar-refractivity contribution in [1.29, 1.82) is 0 Å². The summed E-state index contributed by atoms with van der Waals surface area (Å²) < 4.78 is 2.44. The van der Waals surface area contributed by atoms with E-state index >= 15 is 0 Å². The molecular weight excluding hydrogens is 629 g/mol. The Hall–Kier alpha value is -6.90. The second-order valence-electron chi connectivity index (χ2n) is 13.3. The summed E-state index contributed by atoms with van der Waals surface area (Å²) in [6.07, 6.45) is 0. The average Bonchev–Trinajstić information content (AvgIpc) is 3.57. The Labute approximate surface area is 303 Å². The molecule has 10 aromatic rings. The van der Waals surface area contributed by atoms with Crippen LogP contribution >= 0.6 is 0 Å². The van der Waals surface area contributed by atoms with E-state index in [1.54, 1.807) is 0 Å². The highest BCUT2D eigenvalue weighted by molar-refractivity contribution is 6.22. The highest BCUT2D eigenvalue weighted by Gasteiger charge is 2.22.